The molecule has 0 amide bonds. The van der Waals surface area contributed by atoms with Gasteiger partial charge in [0.1, 0.15) is 0 Å². The van der Waals surface area contributed by atoms with E-state index in [1.165, 1.54) is 26.4 Å². The van der Waals surface area contributed by atoms with Gasteiger partial charge in [-0.2, -0.15) is 0 Å². The first-order valence-corrected chi connectivity index (χ1v) is 7.30. The molecule has 1 unspecified atom stereocenters. The summed E-state index contributed by atoms with van der Waals surface area (Å²) in [7, 11) is 0. The van der Waals surface area contributed by atoms with Crippen molar-refractivity contribution in [2.24, 2.45) is 0 Å². The zero-order valence-corrected chi connectivity index (χ0v) is 12.4. The van der Waals surface area contributed by atoms with Crippen LogP contribution < -0.4 is 5.32 Å². The predicted octanol–water partition coefficient (Wildman–Crippen LogP) is 4.37. The van der Waals surface area contributed by atoms with Crippen molar-refractivity contribution in [2.75, 3.05) is 6.54 Å². The molecule has 1 atom stereocenters. The predicted molar refractivity (Wildman–Crippen MR) is 80.5 cm³/mol. The maximum atomic E-state index is 3.60. The maximum Gasteiger partial charge on any atom is 0.0587 e. The minimum atomic E-state index is 0.319. The Labute approximate surface area is 114 Å². The zero-order valence-electron chi connectivity index (χ0n) is 11.6. The lowest BCUT2D eigenvalue weighted by Gasteiger charge is -2.19. The fourth-order valence-electron chi connectivity index (χ4n) is 2.40. The van der Waals surface area contributed by atoms with Crippen LogP contribution in [0.15, 0.2) is 30.3 Å². The molecule has 0 saturated heterocycles. The molecule has 0 saturated carbocycles. The van der Waals surface area contributed by atoms with Gasteiger partial charge in [0.25, 0.3) is 0 Å². The molecule has 0 fully saturated rings. The highest BCUT2D eigenvalue weighted by molar-refractivity contribution is 7.12. The van der Waals surface area contributed by atoms with E-state index in [0.717, 1.165) is 6.54 Å². The summed E-state index contributed by atoms with van der Waals surface area (Å²) in [6.07, 6.45) is 0. The van der Waals surface area contributed by atoms with Crippen LogP contribution in [0.4, 0.5) is 0 Å². The first-order valence-electron chi connectivity index (χ1n) is 6.48. The van der Waals surface area contributed by atoms with Gasteiger partial charge < -0.3 is 5.32 Å². The Balaban J connectivity index is 2.42. The summed E-state index contributed by atoms with van der Waals surface area (Å²) in [4.78, 5) is 2.80. The fraction of sp³-hybridized carbons (Fsp3) is 0.375. The second kappa shape index (κ2) is 5.68. The Bertz CT molecular complexity index is 528. The second-order valence-electron chi connectivity index (χ2n) is 4.77. The van der Waals surface area contributed by atoms with Gasteiger partial charge in [-0.05, 0) is 44.5 Å². The van der Waals surface area contributed by atoms with Crippen LogP contribution in [0.1, 0.15) is 39.4 Å². The molecule has 1 aromatic carbocycles. The van der Waals surface area contributed by atoms with E-state index < -0.39 is 0 Å². The van der Waals surface area contributed by atoms with Gasteiger partial charge in [-0.3, -0.25) is 0 Å². The Morgan fingerprint density at radius 2 is 1.94 bits per heavy atom. The van der Waals surface area contributed by atoms with Crippen LogP contribution in [0.3, 0.4) is 0 Å². The number of hydrogen-bond donors (Lipinski definition) is 1. The molecule has 2 aromatic rings. The van der Waals surface area contributed by atoms with Crippen molar-refractivity contribution in [1.29, 1.82) is 0 Å². The standard InChI is InChI=1S/C16H21NS/c1-5-17-16(14-8-6-7-11(2)9-14)15-10-12(3)18-13(15)4/h6-10,16-17H,5H2,1-4H3. The van der Waals surface area contributed by atoms with Gasteiger partial charge in [0.15, 0.2) is 0 Å². The Kier molecular flexibility index (Phi) is 4.20. The summed E-state index contributed by atoms with van der Waals surface area (Å²) in [5.41, 5.74) is 4.10. The molecule has 2 heteroatoms. The smallest absolute Gasteiger partial charge is 0.0587 e. The van der Waals surface area contributed by atoms with E-state index in [-0.39, 0.29) is 0 Å². The summed E-state index contributed by atoms with van der Waals surface area (Å²) in [5.74, 6) is 0. The van der Waals surface area contributed by atoms with Crippen molar-refractivity contribution >= 4 is 11.3 Å². The normalized spacial score (nSPS) is 12.7. The quantitative estimate of drug-likeness (QED) is 0.859. The minimum Gasteiger partial charge on any atom is -0.306 e. The van der Waals surface area contributed by atoms with E-state index in [1.807, 2.05) is 11.3 Å². The van der Waals surface area contributed by atoms with Crippen molar-refractivity contribution in [3.8, 4) is 0 Å². The van der Waals surface area contributed by atoms with Gasteiger partial charge in [-0.15, -0.1) is 11.3 Å². The molecule has 0 bridgehead atoms. The van der Waals surface area contributed by atoms with Crippen molar-refractivity contribution in [3.63, 3.8) is 0 Å². The van der Waals surface area contributed by atoms with Crippen LogP contribution in [0.5, 0.6) is 0 Å². The highest BCUT2D eigenvalue weighted by Crippen LogP contribution is 2.30. The number of aryl methyl sites for hydroxylation is 3. The number of benzene rings is 1. The lowest BCUT2D eigenvalue weighted by atomic mass is 9.97. The van der Waals surface area contributed by atoms with Crippen LogP contribution in [0.25, 0.3) is 0 Å². The van der Waals surface area contributed by atoms with Gasteiger partial charge in [0.2, 0.25) is 0 Å². The monoisotopic (exact) mass is 259 g/mol. The third-order valence-corrected chi connectivity index (χ3v) is 4.16. The van der Waals surface area contributed by atoms with Crippen molar-refractivity contribution in [1.82, 2.24) is 5.32 Å². The first-order chi connectivity index (χ1) is 8.61. The van der Waals surface area contributed by atoms with Gasteiger partial charge in [-0.1, -0.05) is 36.8 Å². The zero-order chi connectivity index (χ0) is 13.1. The molecule has 1 heterocycles. The first kappa shape index (κ1) is 13.3. The molecule has 1 aromatic heterocycles. The van der Waals surface area contributed by atoms with E-state index in [0.29, 0.717) is 6.04 Å². The van der Waals surface area contributed by atoms with Crippen LogP contribution in [0, 0.1) is 20.8 Å². The SMILES string of the molecule is CCNC(c1cccc(C)c1)c1cc(C)sc1C. The topological polar surface area (TPSA) is 12.0 Å². The van der Waals surface area contributed by atoms with E-state index in [9.17, 15) is 0 Å². The van der Waals surface area contributed by atoms with Crippen LogP contribution in [-0.2, 0) is 0 Å². The summed E-state index contributed by atoms with van der Waals surface area (Å²) in [5, 5.41) is 3.60. The third-order valence-electron chi connectivity index (χ3n) is 3.17. The average molecular weight is 259 g/mol. The van der Waals surface area contributed by atoms with Crippen LogP contribution in [0.2, 0.25) is 0 Å². The van der Waals surface area contributed by atoms with Crippen molar-refractivity contribution in [3.05, 3.63) is 56.8 Å². The molecule has 1 N–H and O–H groups in total. The fourth-order valence-corrected chi connectivity index (χ4v) is 3.36. The number of rotatable bonds is 4. The average Bonchev–Trinajstić information content (AvgIpc) is 2.65. The van der Waals surface area contributed by atoms with E-state index >= 15 is 0 Å². The molecule has 0 aliphatic rings. The lowest BCUT2D eigenvalue weighted by molar-refractivity contribution is 0.629. The summed E-state index contributed by atoms with van der Waals surface area (Å²) < 4.78 is 0. The minimum absolute atomic E-state index is 0.319. The summed E-state index contributed by atoms with van der Waals surface area (Å²) in [6.45, 7) is 9.69. The van der Waals surface area contributed by atoms with Gasteiger partial charge >= 0.3 is 0 Å². The lowest BCUT2D eigenvalue weighted by Crippen LogP contribution is -2.22. The molecule has 96 valence electrons. The molecule has 1 nitrogen and oxygen atoms in total. The number of nitrogens with one attached hydrogen (secondary N) is 1. The van der Waals surface area contributed by atoms with E-state index in [2.05, 4.69) is 63.3 Å². The maximum absolute atomic E-state index is 3.60. The molecule has 18 heavy (non-hydrogen) atoms. The van der Waals surface area contributed by atoms with Gasteiger partial charge in [0.05, 0.1) is 6.04 Å². The molecule has 2 rings (SSSR count). The van der Waals surface area contributed by atoms with Gasteiger partial charge in [-0.25, -0.2) is 0 Å². The van der Waals surface area contributed by atoms with Crippen molar-refractivity contribution in [2.45, 2.75) is 33.7 Å². The second-order valence-corrected chi connectivity index (χ2v) is 6.23. The Morgan fingerprint density at radius 1 is 1.17 bits per heavy atom. The molecule has 0 aliphatic carbocycles. The van der Waals surface area contributed by atoms with Crippen LogP contribution in [-0.4, -0.2) is 6.54 Å². The van der Waals surface area contributed by atoms with E-state index in [4.69, 9.17) is 0 Å². The summed E-state index contributed by atoms with van der Waals surface area (Å²) >= 11 is 1.88. The molecular formula is C16H21NS. The highest BCUT2D eigenvalue weighted by Gasteiger charge is 2.16. The Hall–Kier alpha value is -1.12. The Morgan fingerprint density at radius 3 is 2.50 bits per heavy atom. The highest BCUT2D eigenvalue weighted by atomic mass is 32.1. The molecule has 0 spiro atoms. The van der Waals surface area contributed by atoms with Crippen molar-refractivity contribution < 1.29 is 0 Å². The van der Waals surface area contributed by atoms with E-state index in [1.54, 1.807) is 0 Å². The molecule has 0 aliphatic heterocycles. The third kappa shape index (κ3) is 2.82. The van der Waals surface area contributed by atoms with Gasteiger partial charge in [0, 0.05) is 9.75 Å². The molecule has 0 radical (unpaired) electrons. The van der Waals surface area contributed by atoms with Crippen LogP contribution >= 0.6 is 11.3 Å². The number of hydrogen-bond acceptors (Lipinski definition) is 2. The summed E-state index contributed by atoms with van der Waals surface area (Å²) in [6, 6.07) is 11.4. The largest absolute Gasteiger partial charge is 0.306 e. The molecular weight excluding hydrogens is 238 g/mol. The number of thiophene rings is 1.